The number of anilines is 1. The van der Waals surface area contributed by atoms with Crippen LogP contribution in [0.5, 0.6) is 0 Å². The molecule has 0 radical (unpaired) electrons. The van der Waals surface area contributed by atoms with Crippen molar-refractivity contribution < 1.29 is 0 Å². The van der Waals surface area contributed by atoms with Gasteiger partial charge in [-0.1, -0.05) is 23.9 Å². The Morgan fingerprint density at radius 2 is 2.12 bits per heavy atom. The van der Waals surface area contributed by atoms with Crippen molar-refractivity contribution in [1.82, 2.24) is 29.1 Å². The van der Waals surface area contributed by atoms with Crippen molar-refractivity contribution in [2.24, 2.45) is 7.05 Å². The molecule has 0 unspecified atom stereocenters. The SMILES string of the molecule is Cn1c(=O)c2ccccc2n2c(CSc3ncc(C#N)c(N)n3)nnc12. The number of fused-ring (bicyclic) bond motifs is 3. The molecule has 10 heteroatoms. The number of hydrogen-bond acceptors (Lipinski definition) is 8. The van der Waals surface area contributed by atoms with Crippen molar-refractivity contribution in [2.45, 2.75) is 10.9 Å². The summed E-state index contributed by atoms with van der Waals surface area (Å²) in [4.78, 5) is 20.7. The molecule has 0 bridgehead atoms. The molecule has 0 aliphatic heterocycles. The first-order chi connectivity index (χ1) is 12.6. The number of nitriles is 1. The number of nitrogens with two attached hydrogens (primary N) is 1. The van der Waals surface area contributed by atoms with Crippen LogP contribution in [0, 0.1) is 11.3 Å². The van der Waals surface area contributed by atoms with E-state index in [1.54, 1.807) is 13.1 Å². The molecule has 3 heterocycles. The summed E-state index contributed by atoms with van der Waals surface area (Å²) in [6, 6.07) is 9.25. The molecule has 9 nitrogen and oxygen atoms in total. The Kier molecular flexibility index (Phi) is 3.78. The van der Waals surface area contributed by atoms with Crippen LogP contribution in [0.25, 0.3) is 16.7 Å². The Hall–Kier alpha value is -3.45. The van der Waals surface area contributed by atoms with Crippen LogP contribution in [0.1, 0.15) is 11.4 Å². The zero-order chi connectivity index (χ0) is 18.3. The lowest BCUT2D eigenvalue weighted by Crippen LogP contribution is -2.20. The summed E-state index contributed by atoms with van der Waals surface area (Å²) in [7, 11) is 1.67. The smallest absolute Gasteiger partial charge is 0.262 e. The molecule has 26 heavy (non-hydrogen) atoms. The number of nitrogen functional groups attached to an aromatic ring is 1. The van der Waals surface area contributed by atoms with Crippen molar-refractivity contribution in [3.8, 4) is 6.07 Å². The summed E-state index contributed by atoms with van der Waals surface area (Å²) in [6.07, 6.45) is 1.39. The topological polar surface area (TPSA) is 128 Å². The number of aromatic nitrogens is 6. The van der Waals surface area contributed by atoms with Crippen molar-refractivity contribution in [3.63, 3.8) is 0 Å². The number of para-hydroxylation sites is 1. The monoisotopic (exact) mass is 364 g/mol. The van der Waals surface area contributed by atoms with Gasteiger partial charge in [0.2, 0.25) is 5.78 Å². The molecular weight excluding hydrogens is 352 g/mol. The number of nitrogens with zero attached hydrogens (tertiary/aromatic N) is 7. The number of hydrogen-bond donors (Lipinski definition) is 1. The third-order valence-corrected chi connectivity index (χ3v) is 4.80. The number of thioether (sulfide) groups is 1. The molecule has 1 aromatic carbocycles. The summed E-state index contributed by atoms with van der Waals surface area (Å²) >= 11 is 1.32. The third kappa shape index (κ3) is 2.46. The van der Waals surface area contributed by atoms with Crippen molar-refractivity contribution in [3.05, 3.63) is 52.2 Å². The highest BCUT2D eigenvalue weighted by Gasteiger charge is 2.15. The van der Waals surface area contributed by atoms with Crippen LogP contribution in [0.3, 0.4) is 0 Å². The Morgan fingerprint density at radius 1 is 1.31 bits per heavy atom. The van der Waals surface area contributed by atoms with E-state index in [1.807, 2.05) is 28.7 Å². The molecule has 0 atom stereocenters. The molecule has 0 aliphatic rings. The van der Waals surface area contributed by atoms with E-state index >= 15 is 0 Å². The molecule has 0 aliphatic carbocycles. The minimum Gasteiger partial charge on any atom is -0.382 e. The fraction of sp³-hybridized carbons (Fsp3) is 0.125. The lowest BCUT2D eigenvalue weighted by Gasteiger charge is -2.07. The zero-order valence-corrected chi connectivity index (χ0v) is 14.4. The molecule has 0 fully saturated rings. The highest BCUT2D eigenvalue weighted by molar-refractivity contribution is 7.98. The van der Waals surface area contributed by atoms with Crippen LogP contribution in [-0.4, -0.2) is 29.1 Å². The predicted octanol–water partition coefficient (Wildman–Crippen LogP) is 1.12. The number of benzene rings is 1. The summed E-state index contributed by atoms with van der Waals surface area (Å²) in [6.45, 7) is 0. The molecule has 2 N–H and O–H groups in total. The largest absolute Gasteiger partial charge is 0.382 e. The van der Waals surface area contributed by atoms with Gasteiger partial charge in [0.05, 0.1) is 22.9 Å². The average molecular weight is 364 g/mol. The summed E-state index contributed by atoms with van der Waals surface area (Å²) in [5.41, 5.74) is 6.58. The van der Waals surface area contributed by atoms with Gasteiger partial charge >= 0.3 is 0 Å². The first-order valence-electron chi connectivity index (χ1n) is 7.57. The van der Waals surface area contributed by atoms with Crippen molar-refractivity contribution in [2.75, 3.05) is 5.73 Å². The first-order valence-corrected chi connectivity index (χ1v) is 8.56. The van der Waals surface area contributed by atoms with Crippen LogP contribution in [0.15, 0.2) is 40.4 Å². The quantitative estimate of drug-likeness (QED) is 0.423. The van der Waals surface area contributed by atoms with Crippen LogP contribution in [0.4, 0.5) is 5.82 Å². The molecule has 3 aromatic heterocycles. The molecule has 0 amide bonds. The standard InChI is InChI=1S/C16H12N8OS/c1-23-14(25)10-4-2-3-5-11(10)24-12(21-22-16(23)24)8-26-15-19-7-9(6-17)13(18)20-15/h2-5,7H,8H2,1H3,(H2,18,19,20). The van der Waals surface area contributed by atoms with E-state index in [0.717, 1.165) is 5.52 Å². The maximum atomic E-state index is 12.4. The first kappa shape index (κ1) is 16.0. The highest BCUT2D eigenvalue weighted by atomic mass is 32.2. The molecule has 0 spiro atoms. The summed E-state index contributed by atoms with van der Waals surface area (Å²) in [5.74, 6) is 1.69. The number of rotatable bonds is 3. The normalized spacial score (nSPS) is 11.1. The van der Waals surface area contributed by atoms with Gasteiger partial charge in [0.1, 0.15) is 23.3 Å². The maximum Gasteiger partial charge on any atom is 0.262 e. The minimum absolute atomic E-state index is 0.122. The Balaban J connectivity index is 1.77. The number of aryl methyl sites for hydroxylation is 1. The second kappa shape index (κ2) is 6.12. The van der Waals surface area contributed by atoms with Gasteiger partial charge in [0, 0.05) is 7.05 Å². The van der Waals surface area contributed by atoms with Gasteiger partial charge in [0.25, 0.3) is 5.56 Å². The van der Waals surface area contributed by atoms with E-state index in [4.69, 9.17) is 11.0 Å². The maximum absolute atomic E-state index is 12.4. The van der Waals surface area contributed by atoms with Crippen LogP contribution >= 0.6 is 11.8 Å². The van der Waals surface area contributed by atoms with Crippen LogP contribution in [0.2, 0.25) is 0 Å². The summed E-state index contributed by atoms with van der Waals surface area (Å²) < 4.78 is 3.32. The molecule has 0 saturated heterocycles. The molecule has 128 valence electrons. The van der Waals surface area contributed by atoms with Gasteiger partial charge in [-0.05, 0) is 12.1 Å². The predicted molar refractivity (Wildman–Crippen MR) is 96.5 cm³/mol. The Bertz CT molecular complexity index is 1250. The fourth-order valence-corrected chi connectivity index (χ4v) is 3.38. The molecular formula is C16H12N8OS. The van der Waals surface area contributed by atoms with Gasteiger partial charge in [-0.25, -0.2) is 9.97 Å². The van der Waals surface area contributed by atoms with E-state index < -0.39 is 0 Å². The third-order valence-electron chi connectivity index (χ3n) is 3.94. The Morgan fingerprint density at radius 3 is 2.88 bits per heavy atom. The van der Waals surface area contributed by atoms with E-state index in [0.29, 0.717) is 27.9 Å². The lowest BCUT2D eigenvalue weighted by molar-refractivity contribution is 0.857. The van der Waals surface area contributed by atoms with Crippen LogP contribution in [-0.2, 0) is 12.8 Å². The second-order valence-electron chi connectivity index (χ2n) is 5.48. The Labute approximate surface area is 151 Å². The molecule has 4 aromatic rings. The van der Waals surface area contributed by atoms with E-state index in [9.17, 15) is 4.79 Å². The van der Waals surface area contributed by atoms with Gasteiger partial charge in [-0.3, -0.25) is 13.8 Å². The van der Waals surface area contributed by atoms with E-state index in [2.05, 4.69) is 20.2 Å². The van der Waals surface area contributed by atoms with E-state index in [1.165, 1.54) is 22.5 Å². The van der Waals surface area contributed by atoms with Crippen molar-refractivity contribution in [1.29, 1.82) is 5.26 Å². The second-order valence-corrected chi connectivity index (χ2v) is 6.43. The fourth-order valence-electron chi connectivity index (χ4n) is 2.65. The van der Waals surface area contributed by atoms with Gasteiger partial charge in [-0.15, -0.1) is 10.2 Å². The molecule has 4 rings (SSSR count). The van der Waals surface area contributed by atoms with Gasteiger partial charge < -0.3 is 5.73 Å². The van der Waals surface area contributed by atoms with Gasteiger partial charge in [0.15, 0.2) is 5.16 Å². The van der Waals surface area contributed by atoms with Crippen LogP contribution < -0.4 is 11.3 Å². The molecule has 0 saturated carbocycles. The van der Waals surface area contributed by atoms with Crippen molar-refractivity contribution >= 4 is 34.3 Å². The van der Waals surface area contributed by atoms with Gasteiger partial charge in [-0.2, -0.15) is 5.26 Å². The zero-order valence-electron chi connectivity index (χ0n) is 13.6. The highest BCUT2D eigenvalue weighted by Crippen LogP contribution is 2.22. The summed E-state index contributed by atoms with van der Waals surface area (Å²) in [5, 5.41) is 18.3. The minimum atomic E-state index is -0.122. The van der Waals surface area contributed by atoms with E-state index in [-0.39, 0.29) is 16.9 Å². The lowest BCUT2D eigenvalue weighted by atomic mass is 10.2. The average Bonchev–Trinajstić information content (AvgIpc) is 3.09.